The third-order valence-electron chi connectivity index (χ3n) is 5.53. The van der Waals surface area contributed by atoms with Crippen LogP contribution >= 0.6 is 0 Å². The van der Waals surface area contributed by atoms with Gasteiger partial charge in [0.2, 0.25) is 5.91 Å². The van der Waals surface area contributed by atoms with E-state index in [1.807, 2.05) is 0 Å². The Morgan fingerprint density at radius 1 is 1.23 bits per heavy atom. The lowest BCUT2D eigenvalue weighted by Gasteiger charge is -2.36. The van der Waals surface area contributed by atoms with E-state index in [0.717, 1.165) is 12.1 Å². The standard InChI is InChI=1S/C21H25F3N2O5/c1-2-30-18(27)13-25-19(28)20(7-9-29-10-8-20)12-16-11-17(26-31-16)14-3-5-15(6-4-14)21(22,23)24/h3-6,16H,2,7-13H2,1H3,(H,25,28). The van der Waals surface area contributed by atoms with Crippen LogP contribution in [0.3, 0.4) is 0 Å². The molecule has 31 heavy (non-hydrogen) atoms. The van der Waals surface area contributed by atoms with Gasteiger partial charge in [-0.15, -0.1) is 0 Å². The predicted octanol–water partition coefficient (Wildman–Crippen LogP) is 3.06. The monoisotopic (exact) mass is 442 g/mol. The zero-order valence-electron chi connectivity index (χ0n) is 17.2. The molecule has 0 saturated carbocycles. The molecule has 1 unspecified atom stereocenters. The number of carbonyl (C=O) groups is 2. The van der Waals surface area contributed by atoms with Gasteiger partial charge in [0.1, 0.15) is 12.6 Å². The van der Waals surface area contributed by atoms with Crippen molar-refractivity contribution in [1.29, 1.82) is 0 Å². The van der Waals surface area contributed by atoms with Crippen LogP contribution in [0.25, 0.3) is 0 Å². The second-order valence-corrected chi connectivity index (χ2v) is 7.63. The lowest BCUT2D eigenvalue weighted by molar-refractivity contribution is -0.147. The highest BCUT2D eigenvalue weighted by atomic mass is 19.4. The molecule has 1 aromatic carbocycles. The van der Waals surface area contributed by atoms with E-state index in [4.69, 9.17) is 14.3 Å². The molecule has 7 nitrogen and oxygen atoms in total. The molecule has 0 aromatic heterocycles. The molecular formula is C21H25F3N2O5. The molecule has 0 spiro atoms. The van der Waals surface area contributed by atoms with E-state index in [-0.39, 0.29) is 19.1 Å². The van der Waals surface area contributed by atoms with Gasteiger partial charge in [-0.05, 0) is 37.5 Å². The summed E-state index contributed by atoms with van der Waals surface area (Å²) in [6.07, 6.45) is -3.13. The van der Waals surface area contributed by atoms with Crippen LogP contribution in [0.15, 0.2) is 29.4 Å². The number of carbonyl (C=O) groups excluding carboxylic acids is 2. The van der Waals surface area contributed by atoms with Crippen molar-refractivity contribution < 1.29 is 37.1 Å². The first-order valence-electron chi connectivity index (χ1n) is 10.2. The molecule has 0 aliphatic carbocycles. The van der Waals surface area contributed by atoms with Crippen LogP contribution in [-0.4, -0.2) is 50.1 Å². The van der Waals surface area contributed by atoms with Crippen molar-refractivity contribution in [2.75, 3.05) is 26.4 Å². The fraction of sp³-hybridized carbons (Fsp3) is 0.571. The van der Waals surface area contributed by atoms with Crippen molar-refractivity contribution in [2.24, 2.45) is 10.6 Å². The van der Waals surface area contributed by atoms with Crippen molar-refractivity contribution in [3.05, 3.63) is 35.4 Å². The van der Waals surface area contributed by atoms with Crippen LogP contribution in [0.2, 0.25) is 0 Å². The van der Waals surface area contributed by atoms with Crippen molar-refractivity contribution >= 4 is 17.6 Å². The quantitative estimate of drug-likeness (QED) is 0.656. The summed E-state index contributed by atoms with van der Waals surface area (Å²) in [7, 11) is 0. The minimum absolute atomic E-state index is 0.214. The van der Waals surface area contributed by atoms with Crippen LogP contribution in [0.1, 0.15) is 43.7 Å². The molecule has 1 N–H and O–H groups in total. The number of nitrogens with zero attached hydrogens (tertiary/aromatic N) is 1. The SMILES string of the molecule is CCOC(=O)CNC(=O)C1(CC2CC(c3ccc(C(F)(F)F)cc3)=NO2)CCOCC1. The van der Waals surface area contributed by atoms with Gasteiger partial charge in [0.05, 0.1) is 23.3 Å². The maximum Gasteiger partial charge on any atom is 0.416 e. The van der Waals surface area contributed by atoms with E-state index >= 15 is 0 Å². The molecule has 1 fully saturated rings. The molecule has 1 atom stereocenters. The lowest BCUT2D eigenvalue weighted by atomic mass is 9.74. The molecule has 2 aliphatic rings. The van der Waals surface area contributed by atoms with E-state index in [0.29, 0.717) is 50.2 Å². The van der Waals surface area contributed by atoms with E-state index in [1.165, 1.54) is 12.1 Å². The molecule has 1 aromatic rings. The third-order valence-corrected chi connectivity index (χ3v) is 5.53. The summed E-state index contributed by atoms with van der Waals surface area (Å²) in [6.45, 7) is 2.52. The molecule has 1 amide bonds. The molecule has 2 heterocycles. The van der Waals surface area contributed by atoms with Crippen LogP contribution in [0.4, 0.5) is 13.2 Å². The second kappa shape index (κ2) is 9.67. The second-order valence-electron chi connectivity index (χ2n) is 7.63. The number of rotatable bonds is 7. The number of oxime groups is 1. The van der Waals surface area contributed by atoms with Crippen molar-refractivity contribution in [1.82, 2.24) is 5.32 Å². The molecule has 0 bridgehead atoms. The molecule has 3 rings (SSSR count). The maximum atomic E-state index is 12.9. The first kappa shape index (κ1) is 23.1. The van der Waals surface area contributed by atoms with Crippen LogP contribution in [0.5, 0.6) is 0 Å². The summed E-state index contributed by atoms with van der Waals surface area (Å²) in [4.78, 5) is 30.0. The van der Waals surface area contributed by atoms with Gasteiger partial charge in [0, 0.05) is 26.1 Å². The van der Waals surface area contributed by atoms with Gasteiger partial charge in [-0.3, -0.25) is 9.59 Å². The Bertz CT molecular complexity index is 817. The molecule has 0 radical (unpaired) electrons. The summed E-state index contributed by atoms with van der Waals surface area (Å²) in [5.74, 6) is -0.779. The van der Waals surface area contributed by atoms with E-state index in [9.17, 15) is 22.8 Å². The van der Waals surface area contributed by atoms with Crippen molar-refractivity contribution in [2.45, 2.75) is 44.9 Å². The maximum absolute atomic E-state index is 12.9. The zero-order valence-corrected chi connectivity index (χ0v) is 17.2. The number of benzene rings is 1. The van der Waals surface area contributed by atoms with Gasteiger partial charge in [0.25, 0.3) is 0 Å². The Morgan fingerprint density at radius 2 is 1.90 bits per heavy atom. The fourth-order valence-electron chi connectivity index (χ4n) is 3.83. The molecule has 170 valence electrons. The van der Waals surface area contributed by atoms with Crippen LogP contribution in [0, 0.1) is 5.41 Å². The third kappa shape index (κ3) is 5.75. The van der Waals surface area contributed by atoms with Crippen LogP contribution < -0.4 is 5.32 Å². The smallest absolute Gasteiger partial charge is 0.416 e. The van der Waals surface area contributed by atoms with Gasteiger partial charge in [-0.2, -0.15) is 13.2 Å². The first-order valence-corrected chi connectivity index (χ1v) is 10.2. The Morgan fingerprint density at radius 3 is 2.52 bits per heavy atom. The number of nitrogens with one attached hydrogen (secondary N) is 1. The topological polar surface area (TPSA) is 86.2 Å². The van der Waals surface area contributed by atoms with Gasteiger partial charge < -0.3 is 19.6 Å². The summed E-state index contributed by atoms with van der Waals surface area (Å²) in [6, 6.07) is 4.75. The Balaban J connectivity index is 1.63. The van der Waals surface area contributed by atoms with Crippen molar-refractivity contribution in [3.8, 4) is 0 Å². The largest absolute Gasteiger partial charge is 0.465 e. The normalized spacial score (nSPS) is 20.5. The number of alkyl halides is 3. The molecule has 1 saturated heterocycles. The highest BCUT2D eigenvalue weighted by Crippen LogP contribution is 2.39. The average molecular weight is 442 g/mol. The predicted molar refractivity (Wildman–Crippen MR) is 104 cm³/mol. The molecule has 10 heteroatoms. The lowest BCUT2D eigenvalue weighted by Crippen LogP contribution is -2.48. The Kier molecular flexibility index (Phi) is 7.19. The number of hydrogen-bond acceptors (Lipinski definition) is 6. The average Bonchev–Trinajstić information content (AvgIpc) is 3.20. The van der Waals surface area contributed by atoms with E-state index in [2.05, 4.69) is 10.5 Å². The highest BCUT2D eigenvalue weighted by Gasteiger charge is 2.44. The summed E-state index contributed by atoms with van der Waals surface area (Å²) < 4.78 is 48.5. The number of ether oxygens (including phenoxy) is 2. The number of esters is 1. The Hall–Kier alpha value is -2.62. The first-order chi connectivity index (χ1) is 14.7. The van der Waals surface area contributed by atoms with Gasteiger partial charge >= 0.3 is 12.1 Å². The summed E-state index contributed by atoms with van der Waals surface area (Å²) in [5.41, 5.74) is -0.427. The Labute approximate surface area is 177 Å². The minimum atomic E-state index is -4.40. The highest BCUT2D eigenvalue weighted by molar-refractivity contribution is 6.01. The molecular weight excluding hydrogens is 417 g/mol. The summed E-state index contributed by atoms with van der Waals surface area (Å²) >= 11 is 0. The zero-order chi connectivity index (χ0) is 22.5. The van der Waals surface area contributed by atoms with Gasteiger partial charge in [-0.1, -0.05) is 17.3 Å². The molecule has 2 aliphatic heterocycles. The number of halogens is 3. The van der Waals surface area contributed by atoms with Gasteiger partial charge in [0.15, 0.2) is 0 Å². The fourth-order valence-corrected chi connectivity index (χ4v) is 3.83. The number of amides is 1. The van der Waals surface area contributed by atoms with E-state index < -0.39 is 29.2 Å². The van der Waals surface area contributed by atoms with Gasteiger partial charge in [-0.25, -0.2) is 0 Å². The number of hydrogen-bond donors (Lipinski definition) is 1. The minimum Gasteiger partial charge on any atom is -0.465 e. The van der Waals surface area contributed by atoms with Crippen LogP contribution in [-0.2, 0) is 30.1 Å². The van der Waals surface area contributed by atoms with E-state index in [1.54, 1.807) is 6.92 Å². The summed E-state index contributed by atoms with van der Waals surface area (Å²) in [5, 5.41) is 6.68. The van der Waals surface area contributed by atoms with Crippen molar-refractivity contribution in [3.63, 3.8) is 0 Å².